The van der Waals surface area contributed by atoms with Crippen molar-refractivity contribution < 1.29 is 14.3 Å². The Labute approximate surface area is 102 Å². The maximum atomic E-state index is 11.7. The molecule has 1 heterocycles. The van der Waals surface area contributed by atoms with Gasteiger partial charge < -0.3 is 9.47 Å². The molecular formula is C12H11BrO3. The average molecular weight is 283 g/mol. The van der Waals surface area contributed by atoms with E-state index >= 15 is 0 Å². The molecule has 2 unspecified atom stereocenters. The molecule has 1 saturated carbocycles. The van der Waals surface area contributed by atoms with Gasteiger partial charge in [0.15, 0.2) is 0 Å². The number of rotatable bonds is 1. The van der Waals surface area contributed by atoms with Gasteiger partial charge in [-0.1, -0.05) is 0 Å². The first-order valence-electron chi connectivity index (χ1n) is 5.26. The van der Waals surface area contributed by atoms with Crippen LogP contribution in [0.25, 0.3) is 0 Å². The third-order valence-electron chi connectivity index (χ3n) is 3.29. The molecular weight excluding hydrogens is 272 g/mol. The largest absolute Gasteiger partial charge is 0.492 e. The first kappa shape index (κ1) is 10.1. The number of ether oxygens (including phenoxy) is 2. The first-order valence-corrected chi connectivity index (χ1v) is 6.05. The smallest absolute Gasteiger partial charge is 0.338 e. The van der Waals surface area contributed by atoms with Crippen LogP contribution in [0.2, 0.25) is 0 Å². The summed E-state index contributed by atoms with van der Waals surface area (Å²) in [6.45, 7) is 0.765. The Balaban J connectivity index is 2.16. The highest BCUT2D eigenvalue weighted by molar-refractivity contribution is 9.10. The second-order valence-corrected chi connectivity index (χ2v) is 5.10. The number of hydrogen-bond donors (Lipinski definition) is 0. The lowest BCUT2D eigenvalue weighted by molar-refractivity contribution is 0.0598. The molecule has 1 fully saturated rings. The Morgan fingerprint density at radius 2 is 2.38 bits per heavy atom. The zero-order valence-corrected chi connectivity index (χ0v) is 10.4. The standard InChI is InChI=1S/C12H11BrO3/c1-15-12(14)7-2-3-9(13)11-10(7)8-4-6(8)5-16-11/h2-3,6,8H,4-5H2,1H3. The number of carbonyl (C=O) groups excluding carboxylic acids is 1. The molecule has 1 aliphatic heterocycles. The fourth-order valence-electron chi connectivity index (χ4n) is 2.35. The van der Waals surface area contributed by atoms with Crippen molar-refractivity contribution in [1.29, 1.82) is 0 Å². The van der Waals surface area contributed by atoms with Crippen LogP contribution in [0.3, 0.4) is 0 Å². The normalized spacial score (nSPS) is 25.1. The van der Waals surface area contributed by atoms with E-state index in [-0.39, 0.29) is 5.97 Å². The lowest BCUT2D eigenvalue weighted by Gasteiger charge is -2.20. The summed E-state index contributed by atoms with van der Waals surface area (Å²) in [7, 11) is 1.41. The van der Waals surface area contributed by atoms with Crippen LogP contribution >= 0.6 is 15.9 Å². The molecule has 3 nitrogen and oxygen atoms in total. The van der Waals surface area contributed by atoms with Crippen molar-refractivity contribution in [2.75, 3.05) is 13.7 Å². The molecule has 2 aliphatic rings. The summed E-state index contributed by atoms with van der Waals surface area (Å²) in [5.41, 5.74) is 1.67. The van der Waals surface area contributed by atoms with Crippen molar-refractivity contribution in [3.05, 3.63) is 27.7 Å². The zero-order valence-electron chi connectivity index (χ0n) is 8.83. The van der Waals surface area contributed by atoms with Gasteiger partial charge in [-0.3, -0.25) is 0 Å². The Bertz CT molecular complexity index is 470. The molecule has 0 aromatic heterocycles. The highest BCUT2D eigenvalue weighted by atomic mass is 79.9. The van der Waals surface area contributed by atoms with Gasteiger partial charge >= 0.3 is 5.97 Å². The van der Waals surface area contributed by atoms with Crippen LogP contribution in [0.5, 0.6) is 5.75 Å². The molecule has 0 amide bonds. The van der Waals surface area contributed by atoms with Gasteiger partial charge in [-0.05, 0) is 40.4 Å². The summed E-state index contributed by atoms with van der Waals surface area (Å²) in [6, 6.07) is 3.65. The second kappa shape index (κ2) is 3.48. The van der Waals surface area contributed by atoms with Crippen LogP contribution in [0.15, 0.2) is 16.6 Å². The fourth-order valence-corrected chi connectivity index (χ4v) is 2.81. The van der Waals surface area contributed by atoms with Gasteiger partial charge in [-0.25, -0.2) is 4.79 Å². The minimum atomic E-state index is -0.278. The molecule has 0 radical (unpaired) electrons. The number of fused-ring (bicyclic) bond motifs is 3. The molecule has 84 valence electrons. The van der Waals surface area contributed by atoms with E-state index in [1.54, 1.807) is 6.07 Å². The monoisotopic (exact) mass is 282 g/mol. The van der Waals surface area contributed by atoms with Gasteiger partial charge in [0.2, 0.25) is 0 Å². The number of benzene rings is 1. The lowest BCUT2D eigenvalue weighted by Crippen LogP contribution is -2.14. The molecule has 0 saturated heterocycles. The van der Waals surface area contributed by atoms with Crippen molar-refractivity contribution in [2.45, 2.75) is 12.3 Å². The van der Waals surface area contributed by atoms with E-state index in [0.29, 0.717) is 17.4 Å². The molecule has 4 heteroatoms. The van der Waals surface area contributed by atoms with Gasteiger partial charge in [0.05, 0.1) is 23.8 Å². The summed E-state index contributed by atoms with van der Waals surface area (Å²) in [4.78, 5) is 11.7. The number of carbonyl (C=O) groups is 1. The molecule has 0 bridgehead atoms. The van der Waals surface area contributed by atoms with E-state index in [1.165, 1.54) is 7.11 Å². The maximum absolute atomic E-state index is 11.7. The Kier molecular flexibility index (Phi) is 2.21. The van der Waals surface area contributed by atoms with Gasteiger partial charge in [-0.15, -0.1) is 0 Å². The number of hydrogen-bond acceptors (Lipinski definition) is 3. The third kappa shape index (κ3) is 1.36. The Hall–Kier alpha value is -1.03. The van der Waals surface area contributed by atoms with Crippen LogP contribution in [-0.2, 0) is 4.74 Å². The van der Waals surface area contributed by atoms with Crippen LogP contribution in [0, 0.1) is 5.92 Å². The Morgan fingerprint density at radius 1 is 1.56 bits per heavy atom. The fraction of sp³-hybridized carbons (Fsp3) is 0.417. The quantitative estimate of drug-likeness (QED) is 0.743. The highest BCUT2D eigenvalue weighted by Gasteiger charge is 2.46. The minimum absolute atomic E-state index is 0.278. The van der Waals surface area contributed by atoms with Gasteiger partial charge in [0, 0.05) is 11.5 Å². The Morgan fingerprint density at radius 3 is 3.12 bits per heavy atom. The van der Waals surface area contributed by atoms with Crippen LogP contribution in [-0.4, -0.2) is 19.7 Å². The first-order chi connectivity index (χ1) is 7.72. The molecule has 3 rings (SSSR count). The van der Waals surface area contributed by atoms with Crippen LogP contribution in [0.4, 0.5) is 0 Å². The molecule has 1 aromatic carbocycles. The van der Waals surface area contributed by atoms with E-state index in [0.717, 1.165) is 28.8 Å². The SMILES string of the molecule is COC(=O)c1ccc(Br)c2c1C1CC1CO2. The van der Waals surface area contributed by atoms with Gasteiger partial charge in [-0.2, -0.15) is 0 Å². The van der Waals surface area contributed by atoms with Crippen LogP contribution < -0.4 is 4.74 Å². The number of halogens is 1. The molecule has 1 aliphatic carbocycles. The average Bonchev–Trinajstić information content (AvgIpc) is 3.07. The van der Waals surface area contributed by atoms with Crippen molar-refractivity contribution in [2.24, 2.45) is 5.92 Å². The van der Waals surface area contributed by atoms with Crippen molar-refractivity contribution in [3.63, 3.8) is 0 Å². The van der Waals surface area contributed by atoms with Gasteiger partial charge in [0.25, 0.3) is 0 Å². The number of methoxy groups -OCH3 is 1. The van der Waals surface area contributed by atoms with Crippen molar-refractivity contribution in [1.82, 2.24) is 0 Å². The molecule has 0 N–H and O–H groups in total. The van der Waals surface area contributed by atoms with Crippen LogP contribution in [0.1, 0.15) is 28.3 Å². The summed E-state index contributed by atoms with van der Waals surface area (Å²) in [5.74, 6) is 1.61. The predicted molar refractivity (Wildman–Crippen MR) is 61.8 cm³/mol. The molecule has 2 atom stereocenters. The van der Waals surface area contributed by atoms with E-state index in [9.17, 15) is 4.79 Å². The topological polar surface area (TPSA) is 35.5 Å². The summed E-state index contributed by atoms with van der Waals surface area (Å²) in [6.07, 6.45) is 1.12. The molecule has 1 aromatic rings. The summed E-state index contributed by atoms with van der Waals surface area (Å²) >= 11 is 3.46. The second-order valence-electron chi connectivity index (χ2n) is 4.24. The van der Waals surface area contributed by atoms with E-state index in [4.69, 9.17) is 9.47 Å². The minimum Gasteiger partial charge on any atom is -0.492 e. The highest BCUT2D eigenvalue weighted by Crippen LogP contribution is 2.56. The summed E-state index contributed by atoms with van der Waals surface area (Å²) in [5, 5.41) is 0. The zero-order chi connectivity index (χ0) is 11.3. The third-order valence-corrected chi connectivity index (χ3v) is 3.91. The lowest BCUT2D eigenvalue weighted by atomic mass is 9.99. The maximum Gasteiger partial charge on any atom is 0.338 e. The van der Waals surface area contributed by atoms with E-state index in [1.807, 2.05) is 6.07 Å². The van der Waals surface area contributed by atoms with Gasteiger partial charge in [0.1, 0.15) is 5.75 Å². The predicted octanol–water partition coefficient (Wildman–Crippen LogP) is 2.73. The van der Waals surface area contributed by atoms with Crippen molar-refractivity contribution >= 4 is 21.9 Å². The van der Waals surface area contributed by atoms with E-state index in [2.05, 4.69) is 15.9 Å². The summed E-state index contributed by atoms with van der Waals surface area (Å²) < 4.78 is 11.4. The van der Waals surface area contributed by atoms with E-state index < -0.39 is 0 Å². The molecule has 0 spiro atoms. The number of esters is 1. The van der Waals surface area contributed by atoms with Crippen molar-refractivity contribution in [3.8, 4) is 5.75 Å². The molecule has 16 heavy (non-hydrogen) atoms.